The van der Waals surface area contributed by atoms with Crippen LogP contribution < -0.4 is 9.47 Å². The molecule has 0 amide bonds. The van der Waals surface area contributed by atoms with Crippen LogP contribution in [0.15, 0.2) is 168 Å². The van der Waals surface area contributed by atoms with Crippen LogP contribution in [0.1, 0.15) is 68.8 Å². The zero-order valence-electron chi connectivity index (χ0n) is 31.0. The maximum Gasteiger partial charge on any atom is 0.135 e. The van der Waals surface area contributed by atoms with Gasteiger partial charge in [0, 0.05) is 25.2 Å². The zero-order valence-corrected chi connectivity index (χ0v) is 31.0. The van der Waals surface area contributed by atoms with Crippen LogP contribution in [-0.2, 0) is 0 Å². The third kappa shape index (κ3) is 6.12. The SMILES string of the molecule is CN1N=C2c3ccccc3O[C@H](c3ccccc3)[C@H]2[C@@H]1c1cccc(C#N)c1.CN1N=C2c3ccccc3O[C@H](c3ccccc3)[C@H]2[C@@H]1c1cccc(C#N)c1. The molecule has 0 radical (unpaired) electrons. The smallest absolute Gasteiger partial charge is 0.135 e. The van der Waals surface area contributed by atoms with Crippen molar-refractivity contribution in [3.8, 4) is 23.6 Å². The Labute approximate surface area is 326 Å². The summed E-state index contributed by atoms with van der Waals surface area (Å²) in [4.78, 5) is 0. The van der Waals surface area contributed by atoms with Crippen molar-refractivity contribution in [2.24, 2.45) is 22.0 Å². The van der Waals surface area contributed by atoms with Crippen LogP contribution in [0.2, 0.25) is 0 Å². The van der Waals surface area contributed by atoms with Crippen molar-refractivity contribution in [1.29, 1.82) is 10.5 Å². The second-order valence-electron chi connectivity index (χ2n) is 14.4. The summed E-state index contributed by atoms with van der Waals surface area (Å²) in [5, 5.41) is 32.6. The van der Waals surface area contributed by atoms with Gasteiger partial charge >= 0.3 is 0 Å². The Morgan fingerprint density at radius 2 is 0.839 bits per heavy atom. The van der Waals surface area contributed by atoms with E-state index in [-0.39, 0.29) is 36.1 Å². The number of hydrogen-bond acceptors (Lipinski definition) is 8. The second-order valence-corrected chi connectivity index (χ2v) is 14.4. The van der Waals surface area contributed by atoms with Crippen molar-refractivity contribution in [1.82, 2.24) is 10.0 Å². The first kappa shape index (κ1) is 34.6. The lowest BCUT2D eigenvalue weighted by Gasteiger charge is -2.36. The van der Waals surface area contributed by atoms with E-state index in [2.05, 4.69) is 60.7 Å². The molecule has 0 saturated heterocycles. The van der Waals surface area contributed by atoms with Crippen LogP contribution in [-0.4, -0.2) is 35.5 Å². The highest BCUT2D eigenvalue weighted by Gasteiger charge is 2.49. The molecular weight excluding hydrogens is 693 g/mol. The second kappa shape index (κ2) is 14.6. The molecule has 6 aromatic carbocycles. The molecule has 6 aromatic rings. The van der Waals surface area contributed by atoms with E-state index in [1.807, 2.05) is 133 Å². The van der Waals surface area contributed by atoms with Crippen molar-refractivity contribution in [3.05, 3.63) is 202 Å². The molecule has 0 fully saturated rings. The maximum atomic E-state index is 9.35. The van der Waals surface area contributed by atoms with Gasteiger partial charge in [-0.2, -0.15) is 20.7 Å². The molecule has 0 saturated carbocycles. The van der Waals surface area contributed by atoms with Gasteiger partial charge in [-0.1, -0.05) is 109 Å². The lowest BCUT2D eigenvalue weighted by atomic mass is 9.78. The number of hydrogen-bond donors (Lipinski definition) is 0. The van der Waals surface area contributed by atoms with Crippen LogP contribution in [0, 0.1) is 34.5 Å². The predicted octanol–water partition coefficient (Wildman–Crippen LogP) is 9.40. The molecule has 0 aromatic heterocycles. The van der Waals surface area contributed by atoms with Crippen LogP contribution >= 0.6 is 0 Å². The lowest BCUT2D eigenvalue weighted by Crippen LogP contribution is -2.35. The van der Waals surface area contributed by atoms with E-state index in [0.717, 1.165) is 56.3 Å². The van der Waals surface area contributed by atoms with E-state index in [1.54, 1.807) is 0 Å². The molecule has 8 heteroatoms. The summed E-state index contributed by atoms with van der Waals surface area (Å²) in [5.41, 5.74) is 9.92. The fourth-order valence-electron chi connectivity index (χ4n) is 8.70. The highest BCUT2D eigenvalue weighted by molar-refractivity contribution is 6.07. The summed E-state index contributed by atoms with van der Waals surface area (Å²) in [6.45, 7) is 0. The average molecular weight is 731 g/mol. The molecule has 56 heavy (non-hydrogen) atoms. The first-order valence-corrected chi connectivity index (χ1v) is 18.8. The van der Waals surface area contributed by atoms with Gasteiger partial charge in [0.2, 0.25) is 0 Å². The number of nitriles is 2. The summed E-state index contributed by atoms with van der Waals surface area (Å²) in [5.74, 6) is 1.81. The fourth-order valence-corrected chi connectivity index (χ4v) is 8.70. The maximum absolute atomic E-state index is 9.35. The van der Waals surface area contributed by atoms with E-state index in [9.17, 15) is 10.5 Å². The van der Waals surface area contributed by atoms with Crippen LogP contribution in [0.4, 0.5) is 0 Å². The average Bonchev–Trinajstić information content (AvgIpc) is 3.80. The molecule has 4 aliphatic heterocycles. The molecule has 4 heterocycles. The van der Waals surface area contributed by atoms with Gasteiger partial charge in [0.05, 0.1) is 58.6 Å². The van der Waals surface area contributed by atoms with Gasteiger partial charge in [0.1, 0.15) is 23.7 Å². The number of nitrogens with zero attached hydrogens (tertiary/aromatic N) is 6. The highest BCUT2D eigenvalue weighted by atomic mass is 16.5. The number of hydrazone groups is 2. The molecule has 6 atom stereocenters. The van der Waals surface area contributed by atoms with Crippen molar-refractivity contribution in [2.75, 3.05) is 14.1 Å². The largest absolute Gasteiger partial charge is 0.484 e. The monoisotopic (exact) mass is 730 g/mol. The fraction of sp³-hybridized carbons (Fsp3) is 0.167. The first-order chi connectivity index (χ1) is 27.5. The Hall–Kier alpha value is -7.16. The Balaban J connectivity index is 0.000000146. The van der Waals surface area contributed by atoms with Gasteiger partial charge in [0.25, 0.3) is 0 Å². The summed E-state index contributed by atoms with van der Waals surface area (Å²) >= 11 is 0. The van der Waals surface area contributed by atoms with E-state index < -0.39 is 0 Å². The van der Waals surface area contributed by atoms with Crippen molar-refractivity contribution < 1.29 is 9.47 Å². The number of benzene rings is 6. The third-order valence-corrected chi connectivity index (χ3v) is 11.1. The summed E-state index contributed by atoms with van der Waals surface area (Å²) in [6.07, 6.45) is -0.286. The van der Waals surface area contributed by atoms with Crippen molar-refractivity contribution >= 4 is 11.4 Å². The minimum Gasteiger partial charge on any atom is -0.484 e. The van der Waals surface area contributed by atoms with E-state index in [0.29, 0.717) is 11.1 Å². The van der Waals surface area contributed by atoms with Crippen LogP contribution in [0.25, 0.3) is 0 Å². The summed E-state index contributed by atoms with van der Waals surface area (Å²) in [6, 6.07) is 56.9. The van der Waals surface area contributed by atoms with Gasteiger partial charge in [-0.05, 0) is 70.8 Å². The lowest BCUT2D eigenvalue weighted by molar-refractivity contribution is 0.113. The van der Waals surface area contributed by atoms with Crippen LogP contribution in [0.5, 0.6) is 11.5 Å². The predicted molar refractivity (Wildman–Crippen MR) is 216 cm³/mol. The molecule has 4 aliphatic rings. The minimum absolute atomic E-state index is 0.00172. The molecule has 0 spiro atoms. The number of rotatable bonds is 4. The summed E-state index contributed by atoms with van der Waals surface area (Å²) < 4.78 is 13.0. The number of ether oxygens (including phenoxy) is 2. The molecule has 0 unspecified atom stereocenters. The standard InChI is InChI=1S/2C24H19N3O/c2*1-27-23(18-11-7-8-16(14-18)15-25)21-22(26-27)19-12-5-6-13-20(19)28-24(21)17-9-3-2-4-10-17/h2*2-14,21,23-24H,1H3/t2*21-,23+,24-/m11/s1. The Morgan fingerprint density at radius 3 is 1.25 bits per heavy atom. The van der Waals surface area contributed by atoms with Gasteiger partial charge in [-0.25, -0.2) is 0 Å². The first-order valence-electron chi connectivity index (χ1n) is 18.8. The molecule has 10 rings (SSSR count). The molecule has 0 bridgehead atoms. The van der Waals surface area contributed by atoms with Gasteiger partial charge < -0.3 is 9.47 Å². The van der Waals surface area contributed by atoms with Crippen molar-refractivity contribution in [3.63, 3.8) is 0 Å². The number of fused-ring (bicyclic) bond motifs is 6. The zero-order chi connectivity index (χ0) is 38.2. The molecule has 8 nitrogen and oxygen atoms in total. The topological polar surface area (TPSA) is 97.2 Å². The molecule has 0 N–H and O–H groups in total. The van der Waals surface area contributed by atoms with Crippen molar-refractivity contribution in [2.45, 2.75) is 24.3 Å². The van der Waals surface area contributed by atoms with Crippen LogP contribution in [0.3, 0.4) is 0 Å². The van der Waals surface area contributed by atoms with Gasteiger partial charge in [-0.15, -0.1) is 0 Å². The molecular formula is C48H38N6O2. The highest BCUT2D eigenvalue weighted by Crippen LogP contribution is 2.51. The molecule has 272 valence electrons. The number of para-hydroxylation sites is 2. The Morgan fingerprint density at radius 1 is 0.464 bits per heavy atom. The third-order valence-electron chi connectivity index (χ3n) is 11.1. The quantitative estimate of drug-likeness (QED) is 0.179. The van der Waals surface area contributed by atoms with Gasteiger partial charge in [-0.3, -0.25) is 10.0 Å². The van der Waals surface area contributed by atoms with Gasteiger partial charge in [0.15, 0.2) is 0 Å². The Kier molecular flexibility index (Phi) is 9.01. The van der Waals surface area contributed by atoms with E-state index >= 15 is 0 Å². The van der Waals surface area contributed by atoms with E-state index in [4.69, 9.17) is 19.7 Å². The van der Waals surface area contributed by atoms with E-state index in [1.165, 1.54) is 0 Å². The normalized spacial score (nSPS) is 22.5. The summed E-state index contributed by atoms with van der Waals surface area (Å²) in [7, 11) is 4.00. The minimum atomic E-state index is -0.143. The Bertz CT molecular complexity index is 2380. The molecule has 0 aliphatic carbocycles.